The molecule has 0 aliphatic carbocycles. The van der Waals surface area contributed by atoms with Gasteiger partial charge in [0.25, 0.3) is 0 Å². The Labute approximate surface area is 202 Å². The van der Waals surface area contributed by atoms with E-state index in [4.69, 9.17) is 32.8 Å². The van der Waals surface area contributed by atoms with Gasteiger partial charge in [0, 0.05) is 25.8 Å². The minimum atomic E-state index is -1.69. The van der Waals surface area contributed by atoms with Crippen molar-refractivity contribution in [1.29, 1.82) is 0 Å². The summed E-state index contributed by atoms with van der Waals surface area (Å²) in [5.41, 5.74) is 0. The zero-order chi connectivity index (χ0) is 24.0. The van der Waals surface area contributed by atoms with E-state index in [0.717, 1.165) is 39.0 Å². The molecule has 0 saturated carbocycles. The lowest BCUT2D eigenvalue weighted by molar-refractivity contribution is -0.169. The van der Waals surface area contributed by atoms with Crippen LogP contribution in [0.3, 0.4) is 0 Å². The lowest BCUT2D eigenvalue weighted by Crippen LogP contribution is -2.43. The number of nitrogens with one attached hydrogen (secondary N) is 1. The molecular weight excluding hydrogens is 442 g/mol. The normalized spacial score (nSPS) is 24.5. The van der Waals surface area contributed by atoms with Crippen LogP contribution in [0.1, 0.15) is 46.5 Å². The van der Waals surface area contributed by atoms with Crippen molar-refractivity contribution in [2.24, 2.45) is 0 Å². The van der Waals surface area contributed by atoms with Gasteiger partial charge in [-0.1, -0.05) is 20.8 Å². The molecule has 2 aliphatic heterocycles. The first-order valence-corrected chi connectivity index (χ1v) is 15.6. The van der Waals surface area contributed by atoms with E-state index >= 15 is 0 Å². The second kappa shape index (κ2) is 15.8. The minimum Gasteiger partial charge on any atom is -0.415 e. The lowest BCUT2D eigenvalue weighted by Gasteiger charge is -2.37. The Morgan fingerprint density at radius 2 is 1.45 bits per heavy atom. The lowest BCUT2D eigenvalue weighted by atomic mass is 10.2. The number of ether oxygens (including phenoxy) is 6. The molecule has 1 unspecified atom stereocenters. The Morgan fingerprint density at radius 3 is 2.03 bits per heavy atom. The second-order valence-electron chi connectivity index (χ2n) is 10.4. The van der Waals surface area contributed by atoms with Crippen molar-refractivity contribution in [2.75, 3.05) is 72.6 Å². The average molecular weight is 492 g/mol. The maximum Gasteiger partial charge on any atom is 0.192 e. The van der Waals surface area contributed by atoms with Crippen LogP contribution in [-0.2, 0) is 32.8 Å². The molecule has 9 heteroatoms. The van der Waals surface area contributed by atoms with E-state index in [2.05, 4.69) is 39.2 Å². The summed E-state index contributed by atoms with van der Waals surface area (Å²) in [6.07, 6.45) is 4.49. The topological polar surface area (TPSA) is 76.6 Å². The predicted molar refractivity (Wildman–Crippen MR) is 131 cm³/mol. The van der Waals surface area contributed by atoms with Gasteiger partial charge in [0.05, 0.1) is 59.0 Å². The third-order valence-electron chi connectivity index (χ3n) is 6.63. The first-order valence-electron chi connectivity index (χ1n) is 12.7. The summed E-state index contributed by atoms with van der Waals surface area (Å²) in [5, 5.41) is 3.77. The maximum atomic E-state index is 6.33. The highest BCUT2D eigenvalue weighted by atomic mass is 28.4. The monoisotopic (exact) mass is 491 g/mol. The van der Waals surface area contributed by atoms with E-state index < -0.39 is 8.32 Å². The molecule has 0 radical (unpaired) electrons. The Hall–Kier alpha value is -0.103. The summed E-state index contributed by atoms with van der Waals surface area (Å²) in [7, 11) is -1.69. The van der Waals surface area contributed by atoms with Crippen LogP contribution >= 0.6 is 0 Å². The van der Waals surface area contributed by atoms with Crippen LogP contribution in [0.15, 0.2) is 0 Å². The molecule has 3 atom stereocenters. The van der Waals surface area contributed by atoms with E-state index in [1.807, 2.05) is 0 Å². The smallest absolute Gasteiger partial charge is 0.192 e. The molecule has 2 rings (SSSR count). The molecule has 33 heavy (non-hydrogen) atoms. The van der Waals surface area contributed by atoms with Crippen molar-refractivity contribution in [3.05, 3.63) is 0 Å². The summed E-state index contributed by atoms with van der Waals surface area (Å²) in [6, 6.07) is 0.382. The van der Waals surface area contributed by atoms with Gasteiger partial charge in [-0.05, 0) is 43.8 Å². The zero-order valence-corrected chi connectivity index (χ0v) is 22.7. The number of rotatable bonds is 17. The van der Waals surface area contributed by atoms with Crippen molar-refractivity contribution < 1.29 is 32.8 Å². The van der Waals surface area contributed by atoms with Crippen LogP contribution in [-0.4, -0.2) is 99.4 Å². The fourth-order valence-electron chi connectivity index (χ4n) is 3.46. The second-order valence-corrected chi connectivity index (χ2v) is 15.2. The molecule has 2 aliphatic rings. The zero-order valence-electron chi connectivity index (χ0n) is 21.7. The van der Waals surface area contributed by atoms with Crippen LogP contribution in [0.4, 0.5) is 0 Å². The summed E-state index contributed by atoms with van der Waals surface area (Å²) >= 11 is 0. The van der Waals surface area contributed by atoms with E-state index in [0.29, 0.717) is 58.9 Å². The summed E-state index contributed by atoms with van der Waals surface area (Å²) in [6.45, 7) is 18.5. The number of hydrogen-bond acceptors (Lipinski definition) is 8. The minimum absolute atomic E-state index is 0.0487. The SMILES string of the molecule is CC(C)(C)[Si](C)(C)OC[C@@H]1C[C@@H](OCCOCCOCCOCCOC2CCCCO2)CN1. The molecule has 2 fully saturated rings. The molecule has 1 N–H and O–H groups in total. The highest BCUT2D eigenvalue weighted by molar-refractivity contribution is 6.74. The first-order chi connectivity index (χ1) is 15.8. The van der Waals surface area contributed by atoms with Gasteiger partial charge in [0.15, 0.2) is 14.6 Å². The van der Waals surface area contributed by atoms with Crippen molar-refractivity contribution in [3.63, 3.8) is 0 Å². The fourth-order valence-corrected chi connectivity index (χ4v) is 4.51. The molecular formula is C24H49NO7Si. The third-order valence-corrected chi connectivity index (χ3v) is 11.1. The largest absolute Gasteiger partial charge is 0.415 e. The average Bonchev–Trinajstić information content (AvgIpc) is 3.23. The van der Waals surface area contributed by atoms with E-state index in [1.165, 1.54) is 6.42 Å². The van der Waals surface area contributed by atoms with Crippen LogP contribution in [0.2, 0.25) is 18.1 Å². The molecule has 2 heterocycles. The van der Waals surface area contributed by atoms with Gasteiger partial charge in [-0.2, -0.15) is 0 Å². The van der Waals surface area contributed by atoms with Crippen molar-refractivity contribution in [3.8, 4) is 0 Å². The van der Waals surface area contributed by atoms with Crippen LogP contribution < -0.4 is 5.32 Å². The van der Waals surface area contributed by atoms with Gasteiger partial charge < -0.3 is 38.2 Å². The molecule has 0 spiro atoms. The Morgan fingerprint density at radius 1 is 0.848 bits per heavy atom. The first kappa shape index (κ1) is 29.1. The van der Waals surface area contributed by atoms with Crippen molar-refractivity contribution in [2.45, 2.75) is 83.0 Å². The van der Waals surface area contributed by atoms with Crippen LogP contribution in [0.25, 0.3) is 0 Å². The summed E-state index contributed by atoms with van der Waals surface area (Å²) < 4.78 is 40.0. The standard InChI is InChI=1S/C24H49NO7Si/c1-24(2,3)33(4,5)32-20-21-18-22(19-25-21)29-16-14-27-12-10-26-11-13-28-15-17-31-23-8-6-7-9-30-23/h21-23,25H,6-20H2,1-5H3/t21-,22+,23?/m0/s1. The van der Waals surface area contributed by atoms with Crippen LogP contribution in [0.5, 0.6) is 0 Å². The molecule has 0 aromatic heterocycles. The maximum absolute atomic E-state index is 6.33. The Bertz CT molecular complexity index is 498. The van der Waals surface area contributed by atoms with Gasteiger partial charge in [0.1, 0.15) is 0 Å². The molecule has 2 saturated heterocycles. The van der Waals surface area contributed by atoms with Crippen molar-refractivity contribution in [1.82, 2.24) is 5.32 Å². The van der Waals surface area contributed by atoms with Gasteiger partial charge in [0.2, 0.25) is 0 Å². The molecule has 0 bridgehead atoms. The van der Waals surface area contributed by atoms with Gasteiger partial charge in [-0.25, -0.2) is 0 Å². The summed E-state index contributed by atoms with van der Waals surface area (Å²) in [5.74, 6) is 0. The highest BCUT2D eigenvalue weighted by Gasteiger charge is 2.38. The number of hydrogen-bond donors (Lipinski definition) is 1. The Kier molecular flexibility index (Phi) is 13.9. The molecule has 0 aromatic carbocycles. The van der Waals surface area contributed by atoms with Gasteiger partial charge >= 0.3 is 0 Å². The summed E-state index contributed by atoms with van der Waals surface area (Å²) in [4.78, 5) is 0. The van der Waals surface area contributed by atoms with Gasteiger partial charge in [-0.3, -0.25) is 0 Å². The predicted octanol–water partition coefficient (Wildman–Crippen LogP) is 3.35. The Balaban J connectivity index is 1.32. The third kappa shape index (κ3) is 12.4. The van der Waals surface area contributed by atoms with Crippen molar-refractivity contribution >= 4 is 8.32 Å². The van der Waals surface area contributed by atoms with Gasteiger partial charge in [-0.15, -0.1) is 0 Å². The molecule has 0 amide bonds. The molecule has 196 valence electrons. The molecule has 8 nitrogen and oxygen atoms in total. The molecule has 0 aromatic rings. The highest BCUT2D eigenvalue weighted by Crippen LogP contribution is 2.36. The fraction of sp³-hybridized carbons (Fsp3) is 1.00. The quantitative estimate of drug-likeness (QED) is 0.245. The van der Waals surface area contributed by atoms with E-state index in [-0.39, 0.29) is 17.4 Å². The van der Waals surface area contributed by atoms with Crippen LogP contribution in [0, 0.1) is 0 Å². The van der Waals surface area contributed by atoms with E-state index in [1.54, 1.807) is 0 Å². The van der Waals surface area contributed by atoms with E-state index in [9.17, 15) is 0 Å².